The Morgan fingerprint density at radius 3 is 2.73 bits per heavy atom. The molecular weight excluding hydrogens is 348 g/mol. The normalized spacial score (nSPS) is 19.5. The van der Waals surface area contributed by atoms with Gasteiger partial charge in [0.25, 0.3) is 0 Å². The number of nitrogens with one attached hydrogen (secondary N) is 1. The molecule has 118 valence electrons. The Kier molecular flexibility index (Phi) is 4.23. The first-order valence-electron chi connectivity index (χ1n) is 7.43. The molecular formula is C16H19BrN2O3. The predicted octanol–water partition coefficient (Wildman–Crippen LogP) is 1.45. The first kappa shape index (κ1) is 15.5. The summed E-state index contributed by atoms with van der Waals surface area (Å²) in [5, 5.41) is 2.51. The van der Waals surface area contributed by atoms with Crippen molar-refractivity contribution in [3.05, 3.63) is 34.3 Å². The zero-order valence-electron chi connectivity index (χ0n) is 12.5. The van der Waals surface area contributed by atoms with Crippen LogP contribution in [0.5, 0.6) is 0 Å². The van der Waals surface area contributed by atoms with E-state index in [9.17, 15) is 9.59 Å². The third-order valence-corrected chi connectivity index (χ3v) is 4.89. The van der Waals surface area contributed by atoms with E-state index in [0.29, 0.717) is 13.1 Å². The molecule has 2 amide bonds. The zero-order chi connectivity index (χ0) is 15.7. The molecule has 5 nitrogen and oxygen atoms in total. The van der Waals surface area contributed by atoms with E-state index in [-0.39, 0.29) is 29.9 Å². The van der Waals surface area contributed by atoms with Crippen molar-refractivity contribution >= 4 is 27.7 Å². The fourth-order valence-electron chi connectivity index (χ4n) is 2.81. The first-order chi connectivity index (χ1) is 10.5. The van der Waals surface area contributed by atoms with E-state index in [2.05, 4.69) is 21.2 Å². The lowest BCUT2D eigenvalue weighted by molar-refractivity contribution is -0.150. The lowest BCUT2D eigenvalue weighted by Gasteiger charge is -2.40. The van der Waals surface area contributed by atoms with Crippen LogP contribution in [0.4, 0.5) is 0 Å². The summed E-state index contributed by atoms with van der Waals surface area (Å²) in [6, 6.07) is 7.99. The molecule has 0 aromatic heterocycles. The Morgan fingerprint density at radius 2 is 2.14 bits per heavy atom. The van der Waals surface area contributed by atoms with Crippen molar-refractivity contribution in [1.29, 1.82) is 0 Å². The van der Waals surface area contributed by atoms with Crippen molar-refractivity contribution in [1.82, 2.24) is 10.2 Å². The maximum atomic E-state index is 12.7. The van der Waals surface area contributed by atoms with E-state index >= 15 is 0 Å². The van der Waals surface area contributed by atoms with Crippen molar-refractivity contribution in [3.63, 3.8) is 0 Å². The number of likely N-dealkylation sites (N-methyl/N-ethyl adjacent to an activating group) is 1. The summed E-state index contributed by atoms with van der Waals surface area (Å²) in [6.45, 7) is 1.21. The van der Waals surface area contributed by atoms with Crippen LogP contribution in [-0.2, 0) is 19.7 Å². The molecule has 1 aromatic rings. The summed E-state index contributed by atoms with van der Waals surface area (Å²) >= 11 is 3.47. The minimum atomic E-state index is -0.338. The van der Waals surface area contributed by atoms with Crippen LogP contribution in [0.2, 0.25) is 0 Å². The molecule has 0 atom stereocenters. The molecule has 1 saturated carbocycles. The molecule has 1 N–H and O–H groups in total. The third-order valence-electron chi connectivity index (χ3n) is 4.40. The summed E-state index contributed by atoms with van der Waals surface area (Å²) in [5.74, 6) is 0.0444. The van der Waals surface area contributed by atoms with E-state index in [0.717, 1.165) is 22.9 Å². The van der Waals surface area contributed by atoms with Crippen LogP contribution in [0.1, 0.15) is 18.4 Å². The minimum Gasteiger partial charge on any atom is -0.365 e. The monoisotopic (exact) mass is 366 g/mol. The van der Waals surface area contributed by atoms with E-state index in [1.165, 1.54) is 0 Å². The fraction of sp³-hybridized carbons (Fsp3) is 0.500. The molecule has 1 heterocycles. The van der Waals surface area contributed by atoms with Gasteiger partial charge < -0.3 is 15.0 Å². The summed E-state index contributed by atoms with van der Waals surface area (Å²) in [4.78, 5) is 25.7. The van der Waals surface area contributed by atoms with Crippen molar-refractivity contribution in [2.75, 3.05) is 26.7 Å². The Balaban J connectivity index is 1.56. The molecule has 0 unspecified atom stereocenters. The van der Waals surface area contributed by atoms with Crippen molar-refractivity contribution in [2.24, 2.45) is 0 Å². The molecule has 0 bridgehead atoms. The molecule has 0 radical (unpaired) electrons. The molecule has 2 fully saturated rings. The van der Waals surface area contributed by atoms with Gasteiger partial charge in [-0.25, -0.2) is 0 Å². The summed E-state index contributed by atoms with van der Waals surface area (Å²) < 4.78 is 6.46. The Morgan fingerprint density at radius 1 is 1.41 bits per heavy atom. The van der Waals surface area contributed by atoms with Gasteiger partial charge in [0.05, 0.1) is 11.5 Å². The molecule has 3 rings (SSSR count). The second-order valence-electron chi connectivity index (χ2n) is 5.91. The average molecular weight is 367 g/mol. The molecule has 1 saturated heterocycles. The highest BCUT2D eigenvalue weighted by Crippen LogP contribution is 2.50. The second-order valence-corrected chi connectivity index (χ2v) is 6.82. The summed E-state index contributed by atoms with van der Waals surface area (Å²) in [6.07, 6.45) is 1.78. The van der Waals surface area contributed by atoms with Crippen LogP contribution >= 0.6 is 15.9 Å². The number of nitrogens with zero attached hydrogens (tertiary/aromatic N) is 1. The number of benzene rings is 1. The van der Waals surface area contributed by atoms with Crippen LogP contribution in [0.25, 0.3) is 0 Å². The molecule has 1 aliphatic heterocycles. The predicted molar refractivity (Wildman–Crippen MR) is 85.4 cm³/mol. The Labute approximate surface area is 138 Å². The maximum Gasteiger partial charge on any atom is 0.245 e. The Hall–Kier alpha value is -1.40. The number of rotatable bonds is 5. The van der Waals surface area contributed by atoms with Gasteiger partial charge in [-0.1, -0.05) is 28.1 Å². The highest BCUT2D eigenvalue weighted by Gasteiger charge is 2.54. The quantitative estimate of drug-likeness (QED) is 0.857. The second kappa shape index (κ2) is 6.01. The topological polar surface area (TPSA) is 58.6 Å². The summed E-state index contributed by atoms with van der Waals surface area (Å²) in [5.41, 5.74) is 0.747. The largest absolute Gasteiger partial charge is 0.365 e. The van der Waals surface area contributed by atoms with Crippen LogP contribution in [-0.4, -0.2) is 49.6 Å². The van der Waals surface area contributed by atoms with Gasteiger partial charge in [0.1, 0.15) is 6.61 Å². The van der Waals surface area contributed by atoms with Crippen LogP contribution in [0, 0.1) is 0 Å². The molecule has 1 aliphatic carbocycles. The van der Waals surface area contributed by atoms with Crippen LogP contribution < -0.4 is 5.32 Å². The number of amides is 2. The lowest BCUT2D eigenvalue weighted by Crippen LogP contribution is -2.57. The van der Waals surface area contributed by atoms with Gasteiger partial charge in [-0.15, -0.1) is 0 Å². The van der Waals surface area contributed by atoms with E-state index in [1.807, 2.05) is 29.2 Å². The minimum absolute atomic E-state index is 0.0282. The molecule has 0 spiro atoms. The molecule has 1 aromatic carbocycles. The smallest absolute Gasteiger partial charge is 0.245 e. The SMILES string of the molecule is CNC(=O)COC1CN(C(=O)C2(c3cccc(Br)c3)CC2)C1. The number of halogens is 1. The maximum absolute atomic E-state index is 12.7. The van der Waals surface area contributed by atoms with Gasteiger partial charge >= 0.3 is 0 Å². The van der Waals surface area contributed by atoms with Crippen LogP contribution in [0.15, 0.2) is 28.7 Å². The van der Waals surface area contributed by atoms with Crippen molar-refractivity contribution < 1.29 is 14.3 Å². The molecule has 6 heteroatoms. The third kappa shape index (κ3) is 2.90. The van der Waals surface area contributed by atoms with Gasteiger partial charge in [-0.05, 0) is 30.5 Å². The van der Waals surface area contributed by atoms with Gasteiger partial charge in [-0.2, -0.15) is 0 Å². The van der Waals surface area contributed by atoms with E-state index in [4.69, 9.17) is 4.74 Å². The Bertz CT molecular complexity index is 595. The zero-order valence-corrected chi connectivity index (χ0v) is 14.1. The number of likely N-dealkylation sites (tertiary alicyclic amines) is 1. The van der Waals surface area contributed by atoms with Crippen molar-refractivity contribution in [3.8, 4) is 0 Å². The highest BCUT2D eigenvalue weighted by molar-refractivity contribution is 9.10. The number of carbonyl (C=O) groups is 2. The van der Waals surface area contributed by atoms with Crippen LogP contribution in [0.3, 0.4) is 0 Å². The van der Waals surface area contributed by atoms with E-state index in [1.54, 1.807) is 7.05 Å². The number of hydrogen-bond donors (Lipinski definition) is 1. The lowest BCUT2D eigenvalue weighted by atomic mass is 9.93. The number of carbonyl (C=O) groups excluding carboxylic acids is 2. The average Bonchev–Trinajstić information content (AvgIpc) is 3.26. The number of ether oxygens (including phenoxy) is 1. The summed E-state index contributed by atoms with van der Waals surface area (Å²) in [7, 11) is 1.58. The van der Waals surface area contributed by atoms with Gasteiger partial charge in [0.15, 0.2) is 0 Å². The van der Waals surface area contributed by atoms with Gasteiger partial charge in [0, 0.05) is 24.6 Å². The standard InChI is InChI=1S/C16H19BrN2O3/c1-18-14(20)10-22-13-8-19(9-13)15(21)16(5-6-16)11-3-2-4-12(17)7-11/h2-4,7,13H,5-6,8-10H2,1H3,(H,18,20). The molecule has 2 aliphatic rings. The van der Waals surface area contributed by atoms with Gasteiger partial charge in [-0.3, -0.25) is 9.59 Å². The first-order valence-corrected chi connectivity index (χ1v) is 8.22. The van der Waals surface area contributed by atoms with Gasteiger partial charge in [0.2, 0.25) is 11.8 Å². The van der Waals surface area contributed by atoms with Crippen molar-refractivity contribution in [2.45, 2.75) is 24.4 Å². The fourth-order valence-corrected chi connectivity index (χ4v) is 3.21. The van der Waals surface area contributed by atoms with E-state index < -0.39 is 0 Å². The number of hydrogen-bond acceptors (Lipinski definition) is 3. The molecule has 22 heavy (non-hydrogen) atoms. The highest BCUT2D eigenvalue weighted by atomic mass is 79.9.